The van der Waals surface area contributed by atoms with Gasteiger partial charge in [-0.25, -0.2) is 0 Å². The first-order valence-corrected chi connectivity index (χ1v) is 7.28. The highest BCUT2D eigenvalue weighted by molar-refractivity contribution is 6.08. The summed E-state index contributed by atoms with van der Waals surface area (Å²) in [4.78, 5) is 12.9. The summed E-state index contributed by atoms with van der Waals surface area (Å²) in [5, 5.41) is 3.01. The molecule has 0 saturated carbocycles. The van der Waals surface area contributed by atoms with Crippen LogP contribution in [0.1, 0.15) is 24.5 Å². The van der Waals surface area contributed by atoms with E-state index < -0.39 is 5.41 Å². The second-order valence-electron chi connectivity index (χ2n) is 5.77. The van der Waals surface area contributed by atoms with E-state index in [0.717, 1.165) is 28.1 Å². The summed E-state index contributed by atoms with van der Waals surface area (Å²) in [5.41, 5.74) is 3.11. The predicted octanol–water partition coefficient (Wildman–Crippen LogP) is 3.90. The number of methoxy groups -OCH3 is 1. The number of allylic oxidation sites excluding steroid dienone is 1. The predicted molar refractivity (Wildman–Crippen MR) is 88.3 cm³/mol. The van der Waals surface area contributed by atoms with Gasteiger partial charge < -0.3 is 10.1 Å². The number of fused-ring (bicyclic) bond motifs is 1. The molecular formula is C19H19NO2. The molecule has 1 amide bonds. The van der Waals surface area contributed by atoms with Crippen molar-refractivity contribution < 1.29 is 9.53 Å². The van der Waals surface area contributed by atoms with Gasteiger partial charge in [-0.15, -0.1) is 6.58 Å². The van der Waals surface area contributed by atoms with Crippen molar-refractivity contribution in [1.29, 1.82) is 0 Å². The van der Waals surface area contributed by atoms with Crippen LogP contribution >= 0.6 is 0 Å². The molecule has 3 heteroatoms. The minimum absolute atomic E-state index is 0.00173. The van der Waals surface area contributed by atoms with Crippen molar-refractivity contribution in [2.24, 2.45) is 0 Å². The zero-order valence-corrected chi connectivity index (χ0v) is 12.8. The molecule has 2 aromatic rings. The molecule has 1 atom stereocenters. The maximum absolute atomic E-state index is 12.9. The average Bonchev–Trinajstić information content (AvgIpc) is 2.80. The Kier molecular flexibility index (Phi) is 3.49. The van der Waals surface area contributed by atoms with Crippen LogP contribution in [0.25, 0.3) is 0 Å². The highest BCUT2D eigenvalue weighted by atomic mass is 16.5. The second-order valence-corrected chi connectivity index (χ2v) is 5.77. The molecule has 3 nitrogen and oxygen atoms in total. The minimum atomic E-state index is -0.714. The summed E-state index contributed by atoms with van der Waals surface area (Å²) in [6.07, 6.45) is 0.585. The number of benzene rings is 2. The van der Waals surface area contributed by atoms with Crippen LogP contribution in [0.3, 0.4) is 0 Å². The molecule has 1 aliphatic heterocycles. The van der Waals surface area contributed by atoms with E-state index in [-0.39, 0.29) is 5.91 Å². The summed E-state index contributed by atoms with van der Waals surface area (Å²) in [7, 11) is 1.64. The van der Waals surface area contributed by atoms with Crippen molar-refractivity contribution >= 4 is 11.6 Å². The standard InChI is InChI=1S/C19H19NO2/c1-13(2)12-19(14-8-10-15(22-3)11-9-14)16-6-4-5-7-17(16)20-18(19)21/h4-11H,1,12H2,2-3H3,(H,20,21). The van der Waals surface area contributed by atoms with E-state index in [0.29, 0.717) is 6.42 Å². The number of rotatable bonds is 4. The number of amides is 1. The zero-order valence-electron chi connectivity index (χ0n) is 12.8. The molecule has 0 saturated heterocycles. The first kappa shape index (κ1) is 14.4. The lowest BCUT2D eigenvalue weighted by molar-refractivity contribution is -0.119. The van der Waals surface area contributed by atoms with Gasteiger partial charge in [-0.1, -0.05) is 35.9 Å². The second kappa shape index (κ2) is 5.34. The lowest BCUT2D eigenvalue weighted by Gasteiger charge is -2.28. The monoisotopic (exact) mass is 293 g/mol. The Morgan fingerprint density at radius 1 is 1.18 bits per heavy atom. The lowest BCUT2D eigenvalue weighted by atomic mass is 9.71. The Hall–Kier alpha value is -2.55. The summed E-state index contributed by atoms with van der Waals surface area (Å²) in [6.45, 7) is 5.98. The number of ether oxygens (including phenoxy) is 1. The molecule has 1 N–H and O–H groups in total. The first-order chi connectivity index (χ1) is 10.6. The van der Waals surface area contributed by atoms with Crippen LogP contribution in [0, 0.1) is 0 Å². The number of nitrogens with one attached hydrogen (secondary N) is 1. The summed E-state index contributed by atoms with van der Waals surface area (Å²) >= 11 is 0. The van der Waals surface area contributed by atoms with Crippen molar-refractivity contribution in [3.63, 3.8) is 0 Å². The number of carbonyl (C=O) groups is 1. The molecule has 1 heterocycles. The quantitative estimate of drug-likeness (QED) is 0.868. The Balaban J connectivity index is 2.21. The van der Waals surface area contributed by atoms with E-state index in [1.165, 1.54) is 0 Å². The third-order valence-corrected chi connectivity index (χ3v) is 4.17. The van der Waals surface area contributed by atoms with Gasteiger partial charge in [0.25, 0.3) is 0 Å². The Bertz CT molecular complexity index is 733. The fourth-order valence-electron chi connectivity index (χ4n) is 3.21. The molecule has 2 aromatic carbocycles. The van der Waals surface area contributed by atoms with E-state index in [1.54, 1.807) is 7.11 Å². The van der Waals surface area contributed by atoms with Crippen LogP contribution in [-0.4, -0.2) is 13.0 Å². The van der Waals surface area contributed by atoms with Gasteiger partial charge >= 0.3 is 0 Å². The third-order valence-electron chi connectivity index (χ3n) is 4.17. The molecule has 3 rings (SSSR count). The molecule has 0 bridgehead atoms. The fraction of sp³-hybridized carbons (Fsp3) is 0.211. The van der Waals surface area contributed by atoms with E-state index in [9.17, 15) is 4.79 Å². The van der Waals surface area contributed by atoms with Crippen LogP contribution in [0.4, 0.5) is 5.69 Å². The van der Waals surface area contributed by atoms with Gasteiger partial charge in [0.05, 0.1) is 7.11 Å². The smallest absolute Gasteiger partial charge is 0.239 e. The SMILES string of the molecule is C=C(C)CC1(c2ccc(OC)cc2)C(=O)Nc2ccccc21. The Morgan fingerprint density at radius 2 is 1.86 bits per heavy atom. The fourth-order valence-corrected chi connectivity index (χ4v) is 3.21. The molecule has 0 spiro atoms. The molecule has 22 heavy (non-hydrogen) atoms. The van der Waals surface area contributed by atoms with Crippen molar-refractivity contribution in [2.45, 2.75) is 18.8 Å². The molecular weight excluding hydrogens is 274 g/mol. The Labute approximate surface area is 130 Å². The number of hydrogen-bond donors (Lipinski definition) is 1. The van der Waals surface area contributed by atoms with Gasteiger partial charge in [0, 0.05) is 5.69 Å². The molecule has 0 radical (unpaired) electrons. The van der Waals surface area contributed by atoms with E-state index in [2.05, 4.69) is 11.9 Å². The highest BCUT2D eigenvalue weighted by Gasteiger charge is 2.47. The average molecular weight is 293 g/mol. The van der Waals surface area contributed by atoms with Crippen molar-refractivity contribution in [3.8, 4) is 5.75 Å². The van der Waals surface area contributed by atoms with Crippen molar-refractivity contribution in [2.75, 3.05) is 12.4 Å². The summed E-state index contributed by atoms with van der Waals surface area (Å²) in [5.74, 6) is 0.780. The van der Waals surface area contributed by atoms with Crippen molar-refractivity contribution in [3.05, 3.63) is 71.8 Å². The maximum atomic E-state index is 12.9. The zero-order chi connectivity index (χ0) is 15.7. The molecule has 1 aliphatic rings. The van der Waals surface area contributed by atoms with Crippen molar-refractivity contribution in [1.82, 2.24) is 0 Å². The van der Waals surface area contributed by atoms with Crippen LogP contribution in [0.2, 0.25) is 0 Å². The van der Waals surface area contributed by atoms with Crippen LogP contribution < -0.4 is 10.1 Å². The third kappa shape index (κ3) is 2.10. The van der Waals surface area contributed by atoms with Crippen LogP contribution in [0.5, 0.6) is 5.75 Å². The molecule has 0 aliphatic carbocycles. The van der Waals surface area contributed by atoms with Gasteiger partial charge in [-0.05, 0) is 42.7 Å². The summed E-state index contributed by atoms with van der Waals surface area (Å²) < 4.78 is 5.22. The number of hydrogen-bond acceptors (Lipinski definition) is 2. The highest BCUT2D eigenvalue weighted by Crippen LogP contribution is 2.46. The van der Waals surface area contributed by atoms with E-state index >= 15 is 0 Å². The number of para-hydroxylation sites is 1. The molecule has 0 fully saturated rings. The number of carbonyl (C=O) groups excluding carboxylic acids is 1. The van der Waals surface area contributed by atoms with Crippen LogP contribution in [-0.2, 0) is 10.2 Å². The van der Waals surface area contributed by atoms with E-state index in [4.69, 9.17) is 4.74 Å². The topological polar surface area (TPSA) is 38.3 Å². The first-order valence-electron chi connectivity index (χ1n) is 7.28. The molecule has 0 aromatic heterocycles. The number of anilines is 1. The van der Waals surface area contributed by atoms with Gasteiger partial charge in [-0.2, -0.15) is 0 Å². The largest absolute Gasteiger partial charge is 0.497 e. The van der Waals surface area contributed by atoms with Gasteiger partial charge in [0.15, 0.2) is 0 Å². The minimum Gasteiger partial charge on any atom is -0.497 e. The normalized spacial score (nSPS) is 19.5. The maximum Gasteiger partial charge on any atom is 0.239 e. The molecule has 112 valence electrons. The Morgan fingerprint density at radius 3 is 2.50 bits per heavy atom. The lowest BCUT2D eigenvalue weighted by Crippen LogP contribution is -2.36. The van der Waals surface area contributed by atoms with E-state index in [1.807, 2.05) is 55.5 Å². The van der Waals surface area contributed by atoms with Crippen LogP contribution in [0.15, 0.2) is 60.7 Å². The van der Waals surface area contributed by atoms with Gasteiger partial charge in [0.2, 0.25) is 5.91 Å². The van der Waals surface area contributed by atoms with Gasteiger partial charge in [0.1, 0.15) is 11.2 Å². The summed E-state index contributed by atoms with van der Waals surface area (Å²) in [6, 6.07) is 15.6. The van der Waals surface area contributed by atoms with Gasteiger partial charge in [-0.3, -0.25) is 4.79 Å². The molecule has 1 unspecified atom stereocenters.